The first kappa shape index (κ1) is 13.2. The minimum absolute atomic E-state index is 0.274. The molecule has 0 aromatic rings. The van der Waals surface area contributed by atoms with Gasteiger partial charge >= 0.3 is 0 Å². The normalized spacial score (nSPS) is 29.6. The Morgan fingerprint density at radius 1 is 1.12 bits per heavy atom. The van der Waals surface area contributed by atoms with E-state index in [1.54, 1.807) is 0 Å². The monoisotopic (exact) mass is 243 g/mol. The Hall–Kier alpha value is -0.200. The summed E-state index contributed by atoms with van der Waals surface area (Å²) in [5.41, 5.74) is 0. The van der Waals surface area contributed by atoms with Crippen molar-refractivity contribution >= 4 is 0 Å². The summed E-state index contributed by atoms with van der Waals surface area (Å²) in [6.45, 7) is 9.47. The van der Waals surface area contributed by atoms with Gasteiger partial charge in [0.25, 0.3) is 0 Å². The van der Waals surface area contributed by atoms with Crippen LogP contribution >= 0.6 is 0 Å². The molecule has 100 valence electrons. The van der Waals surface area contributed by atoms with Crippen LogP contribution in [0.25, 0.3) is 0 Å². The third-order valence-electron chi connectivity index (χ3n) is 3.68. The van der Waals surface area contributed by atoms with Crippen molar-refractivity contribution in [2.24, 2.45) is 0 Å². The smallest absolute Gasteiger partial charge is 0.0829 e. The standard InChI is InChI=1S/C12H25N3O2/c1-13-7-9-17-12(10-13)11-15-4-2-14(3-5-15)6-8-16/h12,16H,2-11H2,1H3. The second-order valence-corrected chi connectivity index (χ2v) is 5.12. The second kappa shape index (κ2) is 6.66. The molecule has 0 aromatic carbocycles. The van der Waals surface area contributed by atoms with Gasteiger partial charge in [0, 0.05) is 52.4 Å². The van der Waals surface area contributed by atoms with Crippen molar-refractivity contribution < 1.29 is 9.84 Å². The largest absolute Gasteiger partial charge is 0.395 e. The molecule has 0 amide bonds. The average molecular weight is 243 g/mol. The lowest BCUT2D eigenvalue weighted by Gasteiger charge is -2.38. The molecule has 0 bridgehead atoms. The van der Waals surface area contributed by atoms with Crippen LogP contribution in [-0.4, -0.2) is 98.5 Å². The van der Waals surface area contributed by atoms with Crippen molar-refractivity contribution in [3.05, 3.63) is 0 Å². The minimum atomic E-state index is 0.274. The van der Waals surface area contributed by atoms with Crippen molar-refractivity contribution in [3.63, 3.8) is 0 Å². The zero-order valence-electron chi connectivity index (χ0n) is 10.8. The summed E-state index contributed by atoms with van der Waals surface area (Å²) in [7, 11) is 2.16. The number of likely N-dealkylation sites (N-methyl/N-ethyl adjacent to an activating group) is 1. The molecule has 1 N–H and O–H groups in total. The molecule has 2 aliphatic rings. The molecule has 2 rings (SSSR count). The quantitative estimate of drug-likeness (QED) is 0.680. The fourth-order valence-electron chi connectivity index (χ4n) is 2.60. The molecule has 1 atom stereocenters. The highest BCUT2D eigenvalue weighted by Crippen LogP contribution is 2.08. The molecule has 5 heteroatoms. The number of hydrogen-bond acceptors (Lipinski definition) is 5. The number of hydrogen-bond donors (Lipinski definition) is 1. The van der Waals surface area contributed by atoms with Crippen molar-refractivity contribution in [2.75, 3.05) is 72.6 Å². The molecule has 1 unspecified atom stereocenters. The maximum Gasteiger partial charge on any atom is 0.0829 e. The van der Waals surface area contributed by atoms with Gasteiger partial charge in [0.2, 0.25) is 0 Å². The minimum Gasteiger partial charge on any atom is -0.395 e. The number of aliphatic hydroxyl groups is 1. The van der Waals surface area contributed by atoms with E-state index in [4.69, 9.17) is 9.84 Å². The number of ether oxygens (including phenoxy) is 1. The maximum absolute atomic E-state index is 8.89. The van der Waals surface area contributed by atoms with E-state index in [9.17, 15) is 0 Å². The van der Waals surface area contributed by atoms with Crippen LogP contribution in [0, 0.1) is 0 Å². The maximum atomic E-state index is 8.89. The molecule has 2 aliphatic heterocycles. The van der Waals surface area contributed by atoms with Gasteiger partial charge < -0.3 is 14.7 Å². The Balaban J connectivity index is 1.67. The molecular formula is C12H25N3O2. The van der Waals surface area contributed by atoms with Crippen LogP contribution in [0.5, 0.6) is 0 Å². The first-order valence-electron chi connectivity index (χ1n) is 6.63. The first-order chi connectivity index (χ1) is 8.28. The Kier molecular flexibility index (Phi) is 5.18. The lowest BCUT2D eigenvalue weighted by atomic mass is 10.2. The molecule has 2 heterocycles. The third-order valence-corrected chi connectivity index (χ3v) is 3.68. The molecule has 2 saturated heterocycles. The van der Waals surface area contributed by atoms with Gasteiger partial charge in [0.05, 0.1) is 19.3 Å². The predicted molar refractivity (Wildman–Crippen MR) is 67.2 cm³/mol. The van der Waals surface area contributed by atoms with E-state index in [0.29, 0.717) is 6.10 Å². The Labute approximate surface area is 104 Å². The van der Waals surface area contributed by atoms with E-state index in [0.717, 1.165) is 59.0 Å². The van der Waals surface area contributed by atoms with Crippen LogP contribution in [0.3, 0.4) is 0 Å². The Morgan fingerprint density at radius 2 is 1.82 bits per heavy atom. The highest BCUT2D eigenvalue weighted by atomic mass is 16.5. The van der Waals surface area contributed by atoms with Crippen LogP contribution in [0.1, 0.15) is 0 Å². The average Bonchev–Trinajstić information content (AvgIpc) is 2.32. The lowest BCUT2D eigenvalue weighted by Crippen LogP contribution is -2.52. The Morgan fingerprint density at radius 3 is 2.47 bits per heavy atom. The molecule has 2 fully saturated rings. The van der Waals surface area contributed by atoms with Crippen LogP contribution < -0.4 is 0 Å². The van der Waals surface area contributed by atoms with Gasteiger partial charge in [-0.25, -0.2) is 0 Å². The summed E-state index contributed by atoms with van der Waals surface area (Å²) in [6.07, 6.45) is 0.373. The van der Waals surface area contributed by atoms with E-state index < -0.39 is 0 Å². The molecule has 5 nitrogen and oxygen atoms in total. The van der Waals surface area contributed by atoms with Crippen LogP contribution in [0.4, 0.5) is 0 Å². The van der Waals surface area contributed by atoms with E-state index in [-0.39, 0.29) is 6.61 Å². The third kappa shape index (κ3) is 4.19. The van der Waals surface area contributed by atoms with Gasteiger partial charge in [-0.15, -0.1) is 0 Å². The molecule has 0 saturated carbocycles. The van der Waals surface area contributed by atoms with Gasteiger partial charge in [0.1, 0.15) is 0 Å². The zero-order valence-corrected chi connectivity index (χ0v) is 10.8. The summed E-state index contributed by atoms with van der Waals surface area (Å²) in [4.78, 5) is 7.15. The number of nitrogens with zero attached hydrogens (tertiary/aromatic N) is 3. The zero-order chi connectivity index (χ0) is 12.1. The van der Waals surface area contributed by atoms with Crippen molar-refractivity contribution in [1.82, 2.24) is 14.7 Å². The fraction of sp³-hybridized carbons (Fsp3) is 1.00. The summed E-state index contributed by atoms with van der Waals surface area (Å²) < 4.78 is 5.79. The SMILES string of the molecule is CN1CCOC(CN2CCN(CCO)CC2)C1. The molecule has 0 aliphatic carbocycles. The molecule has 0 aromatic heterocycles. The van der Waals surface area contributed by atoms with Gasteiger partial charge in [0.15, 0.2) is 0 Å². The van der Waals surface area contributed by atoms with Gasteiger partial charge in [-0.2, -0.15) is 0 Å². The lowest BCUT2D eigenvalue weighted by molar-refractivity contribution is -0.0414. The topological polar surface area (TPSA) is 39.2 Å². The second-order valence-electron chi connectivity index (χ2n) is 5.12. The fourth-order valence-corrected chi connectivity index (χ4v) is 2.60. The molecular weight excluding hydrogens is 218 g/mol. The van der Waals surface area contributed by atoms with Gasteiger partial charge in [-0.1, -0.05) is 0 Å². The first-order valence-corrected chi connectivity index (χ1v) is 6.63. The summed E-state index contributed by atoms with van der Waals surface area (Å²) in [5, 5.41) is 8.89. The number of aliphatic hydroxyl groups excluding tert-OH is 1. The summed E-state index contributed by atoms with van der Waals surface area (Å²) in [5.74, 6) is 0. The number of β-amino-alcohol motifs (C(OH)–C–C–N with tert-alkyl or cyclic N) is 1. The molecule has 17 heavy (non-hydrogen) atoms. The number of morpholine rings is 1. The van der Waals surface area contributed by atoms with E-state index in [1.807, 2.05) is 0 Å². The Bertz CT molecular complexity index is 220. The van der Waals surface area contributed by atoms with Crippen molar-refractivity contribution in [2.45, 2.75) is 6.10 Å². The van der Waals surface area contributed by atoms with Crippen LogP contribution in [0.15, 0.2) is 0 Å². The number of rotatable bonds is 4. The highest BCUT2D eigenvalue weighted by molar-refractivity contribution is 4.77. The van der Waals surface area contributed by atoms with Crippen LogP contribution in [0.2, 0.25) is 0 Å². The van der Waals surface area contributed by atoms with Crippen molar-refractivity contribution in [1.29, 1.82) is 0 Å². The summed E-state index contributed by atoms with van der Waals surface area (Å²) in [6, 6.07) is 0. The van der Waals surface area contributed by atoms with E-state index in [1.165, 1.54) is 0 Å². The van der Waals surface area contributed by atoms with Gasteiger partial charge in [-0.05, 0) is 7.05 Å². The van der Waals surface area contributed by atoms with Crippen molar-refractivity contribution in [3.8, 4) is 0 Å². The predicted octanol–water partition coefficient (Wildman–Crippen LogP) is -1.07. The van der Waals surface area contributed by atoms with Crippen LogP contribution in [-0.2, 0) is 4.74 Å². The van der Waals surface area contributed by atoms with E-state index >= 15 is 0 Å². The highest BCUT2D eigenvalue weighted by Gasteiger charge is 2.23. The summed E-state index contributed by atoms with van der Waals surface area (Å²) >= 11 is 0. The number of piperazine rings is 1. The van der Waals surface area contributed by atoms with E-state index in [2.05, 4.69) is 21.7 Å². The molecule has 0 radical (unpaired) electrons. The van der Waals surface area contributed by atoms with Gasteiger partial charge in [-0.3, -0.25) is 9.80 Å². The molecule has 0 spiro atoms.